The lowest BCUT2D eigenvalue weighted by Crippen LogP contribution is -2.43. The van der Waals surface area contributed by atoms with Gasteiger partial charge in [-0.05, 0) is 42.9 Å². The Bertz CT molecular complexity index is 683. The van der Waals surface area contributed by atoms with Gasteiger partial charge in [0, 0.05) is 12.1 Å². The van der Waals surface area contributed by atoms with Crippen LogP contribution in [0, 0.1) is 5.82 Å². The van der Waals surface area contributed by atoms with Crippen molar-refractivity contribution in [1.82, 2.24) is 10.9 Å². The number of amides is 1. The fourth-order valence-corrected chi connectivity index (χ4v) is 2.02. The normalized spacial score (nSPS) is 9.88. The summed E-state index contributed by atoms with van der Waals surface area (Å²) in [5.41, 5.74) is 5.93. The minimum absolute atomic E-state index is 0.185. The molecule has 0 heterocycles. The molecule has 7 heteroatoms. The van der Waals surface area contributed by atoms with Gasteiger partial charge in [-0.15, -0.1) is 0 Å². The van der Waals surface area contributed by atoms with Crippen molar-refractivity contribution in [2.45, 2.75) is 12.8 Å². The first kappa shape index (κ1) is 17.7. The number of hydrogen-bond donors (Lipinski definition) is 3. The summed E-state index contributed by atoms with van der Waals surface area (Å²) < 4.78 is 18.6. The molecule has 2 rings (SSSR count). The number of hydrazine groups is 1. The molecule has 0 spiro atoms. The summed E-state index contributed by atoms with van der Waals surface area (Å²) in [5, 5.41) is 3.22. The van der Waals surface area contributed by atoms with E-state index >= 15 is 0 Å². The summed E-state index contributed by atoms with van der Waals surface area (Å²) in [6.07, 6.45) is 0.691. The molecule has 126 valence electrons. The first-order valence-electron chi connectivity index (χ1n) is 7.43. The molecule has 0 aromatic heterocycles. The maximum Gasteiger partial charge on any atom is 0.238 e. The molecule has 0 fully saturated rings. The molecule has 0 saturated carbocycles. The number of nitrogens with one attached hydrogen (secondary N) is 3. The van der Waals surface area contributed by atoms with Gasteiger partial charge in [-0.3, -0.25) is 15.6 Å². The molecular weight excluding hydrogens is 329 g/mol. The molecule has 2 aromatic carbocycles. The average molecular weight is 347 g/mol. The number of carbonyl (C=O) groups is 1. The number of halogens is 1. The third-order valence-corrected chi connectivity index (χ3v) is 3.19. The minimum atomic E-state index is -0.416. The van der Waals surface area contributed by atoms with Crippen LogP contribution in [0.3, 0.4) is 0 Å². The van der Waals surface area contributed by atoms with Crippen LogP contribution in [0.4, 0.5) is 10.1 Å². The highest BCUT2D eigenvalue weighted by Crippen LogP contribution is 2.15. The number of hydrogen-bond acceptors (Lipinski definition) is 3. The van der Waals surface area contributed by atoms with E-state index in [-0.39, 0.29) is 29.8 Å². The topological polar surface area (TPSA) is 62.4 Å². The third kappa shape index (κ3) is 6.21. The van der Waals surface area contributed by atoms with Gasteiger partial charge in [-0.25, -0.2) is 4.39 Å². The Morgan fingerprint density at radius 2 is 1.75 bits per heavy atom. The monoisotopic (exact) mass is 347 g/mol. The SMILES string of the molecule is O=C(CCCOc1ccccc1F)NNC(=S)Nc1ccccc1. The van der Waals surface area contributed by atoms with E-state index in [1.807, 2.05) is 30.3 Å². The molecule has 0 atom stereocenters. The summed E-state index contributed by atoms with van der Waals surface area (Å²) >= 11 is 5.06. The number of carbonyl (C=O) groups excluding carboxylic acids is 1. The van der Waals surface area contributed by atoms with Gasteiger partial charge in [0.05, 0.1) is 6.61 Å². The zero-order valence-electron chi connectivity index (χ0n) is 12.9. The predicted octanol–water partition coefficient (Wildman–Crippen LogP) is 3.00. The molecule has 0 radical (unpaired) electrons. The standard InChI is InChI=1S/C17H18FN3O2S/c18-14-9-4-5-10-15(14)23-12-6-11-16(22)20-21-17(24)19-13-7-2-1-3-8-13/h1-5,7-10H,6,11-12H2,(H,20,22)(H2,19,21,24). The van der Waals surface area contributed by atoms with Gasteiger partial charge >= 0.3 is 0 Å². The maximum absolute atomic E-state index is 13.3. The van der Waals surface area contributed by atoms with Crippen LogP contribution in [0.25, 0.3) is 0 Å². The van der Waals surface area contributed by atoms with Crippen LogP contribution < -0.4 is 20.9 Å². The number of para-hydroxylation sites is 2. The number of ether oxygens (including phenoxy) is 1. The quantitative estimate of drug-likeness (QED) is 0.426. The van der Waals surface area contributed by atoms with E-state index in [0.29, 0.717) is 6.42 Å². The van der Waals surface area contributed by atoms with Gasteiger partial charge in [0.15, 0.2) is 16.7 Å². The molecule has 0 aliphatic heterocycles. The Morgan fingerprint density at radius 3 is 2.50 bits per heavy atom. The summed E-state index contributed by atoms with van der Waals surface area (Å²) in [6.45, 7) is 0.251. The van der Waals surface area contributed by atoms with Crippen LogP contribution in [0.15, 0.2) is 54.6 Å². The summed E-state index contributed by atoms with van der Waals surface area (Å²) in [7, 11) is 0. The number of anilines is 1. The number of benzene rings is 2. The van der Waals surface area contributed by atoms with Crippen molar-refractivity contribution in [3.63, 3.8) is 0 Å². The molecule has 0 aliphatic rings. The molecule has 24 heavy (non-hydrogen) atoms. The van der Waals surface area contributed by atoms with Crippen molar-refractivity contribution >= 4 is 28.9 Å². The highest BCUT2D eigenvalue weighted by Gasteiger charge is 2.04. The maximum atomic E-state index is 13.3. The smallest absolute Gasteiger partial charge is 0.238 e. The average Bonchev–Trinajstić information content (AvgIpc) is 2.59. The fourth-order valence-electron chi connectivity index (χ4n) is 1.85. The molecule has 2 aromatic rings. The van der Waals surface area contributed by atoms with Crippen LogP contribution in [0.2, 0.25) is 0 Å². The molecule has 0 bridgehead atoms. The summed E-state index contributed by atoms with van der Waals surface area (Å²) in [4.78, 5) is 11.7. The van der Waals surface area contributed by atoms with Gasteiger partial charge < -0.3 is 10.1 Å². The van der Waals surface area contributed by atoms with Crippen molar-refractivity contribution in [3.05, 3.63) is 60.4 Å². The molecule has 3 N–H and O–H groups in total. The Morgan fingerprint density at radius 1 is 1.04 bits per heavy atom. The van der Waals surface area contributed by atoms with Gasteiger partial charge in [0.1, 0.15) is 0 Å². The van der Waals surface area contributed by atoms with Crippen molar-refractivity contribution < 1.29 is 13.9 Å². The van der Waals surface area contributed by atoms with E-state index in [0.717, 1.165) is 5.69 Å². The Kier molecular flexibility index (Phi) is 6.97. The molecule has 0 saturated heterocycles. The van der Waals surface area contributed by atoms with Gasteiger partial charge in [0.25, 0.3) is 0 Å². The van der Waals surface area contributed by atoms with Crippen molar-refractivity contribution in [2.75, 3.05) is 11.9 Å². The molecule has 5 nitrogen and oxygen atoms in total. The van der Waals surface area contributed by atoms with Crippen LogP contribution in [0.1, 0.15) is 12.8 Å². The van der Waals surface area contributed by atoms with Crippen molar-refractivity contribution in [2.24, 2.45) is 0 Å². The lowest BCUT2D eigenvalue weighted by atomic mass is 10.3. The lowest BCUT2D eigenvalue weighted by Gasteiger charge is -2.11. The van der Waals surface area contributed by atoms with E-state index in [4.69, 9.17) is 17.0 Å². The fraction of sp³-hybridized carbons (Fsp3) is 0.176. The number of rotatable bonds is 6. The highest BCUT2D eigenvalue weighted by molar-refractivity contribution is 7.80. The van der Waals surface area contributed by atoms with Gasteiger partial charge in [-0.2, -0.15) is 0 Å². The van der Waals surface area contributed by atoms with E-state index in [2.05, 4.69) is 16.2 Å². The Labute approximate surface area is 145 Å². The van der Waals surface area contributed by atoms with E-state index < -0.39 is 5.82 Å². The molecule has 0 aliphatic carbocycles. The minimum Gasteiger partial charge on any atom is -0.491 e. The summed E-state index contributed by atoms with van der Waals surface area (Å²) in [5.74, 6) is -0.463. The second kappa shape index (κ2) is 9.46. The molecule has 0 unspecified atom stereocenters. The van der Waals surface area contributed by atoms with E-state index in [1.54, 1.807) is 18.2 Å². The second-order valence-corrected chi connectivity index (χ2v) is 5.28. The van der Waals surface area contributed by atoms with Crippen molar-refractivity contribution in [1.29, 1.82) is 0 Å². The summed E-state index contributed by atoms with van der Waals surface area (Å²) in [6, 6.07) is 15.5. The number of thiocarbonyl (C=S) groups is 1. The highest BCUT2D eigenvalue weighted by atomic mass is 32.1. The predicted molar refractivity (Wildman–Crippen MR) is 95.1 cm³/mol. The van der Waals surface area contributed by atoms with Gasteiger partial charge in [-0.1, -0.05) is 30.3 Å². The van der Waals surface area contributed by atoms with Crippen molar-refractivity contribution in [3.8, 4) is 5.75 Å². The first-order chi connectivity index (χ1) is 11.6. The van der Waals surface area contributed by atoms with E-state index in [9.17, 15) is 9.18 Å². The van der Waals surface area contributed by atoms with Crippen LogP contribution >= 0.6 is 12.2 Å². The Balaban J connectivity index is 1.60. The third-order valence-electron chi connectivity index (χ3n) is 2.99. The van der Waals surface area contributed by atoms with Crippen LogP contribution in [0.5, 0.6) is 5.75 Å². The molecular formula is C17H18FN3O2S. The largest absolute Gasteiger partial charge is 0.491 e. The van der Waals surface area contributed by atoms with Crippen LogP contribution in [-0.4, -0.2) is 17.6 Å². The Hall–Kier alpha value is -2.67. The zero-order valence-corrected chi connectivity index (χ0v) is 13.7. The van der Waals surface area contributed by atoms with Gasteiger partial charge in [0.2, 0.25) is 5.91 Å². The lowest BCUT2D eigenvalue weighted by molar-refractivity contribution is -0.121. The zero-order chi connectivity index (χ0) is 17.2. The van der Waals surface area contributed by atoms with Crippen LogP contribution in [-0.2, 0) is 4.79 Å². The molecule has 1 amide bonds. The first-order valence-corrected chi connectivity index (χ1v) is 7.84. The second-order valence-electron chi connectivity index (χ2n) is 4.88. The van der Waals surface area contributed by atoms with E-state index in [1.165, 1.54) is 6.07 Å².